The smallest absolute Gasteiger partial charge is 0.188 e. The van der Waals surface area contributed by atoms with Crippen molar-refractivity contribution in [3.63, 3.8) is 0 Å². The third-order valence-corrected chi connectivity index (χ3v) is 4.49. The van der Waals surface area contributed by atoms with Gasteiger partial charge in [0.2, 0.25) is 0 Å². The highest BCUT2D eigenvalue weighted by atomic mass is 127. The number of nitrogens with two attached hydrogens (primary N) is 1. The molecule has 0 atom stereocenters. The number of halogens is 1. The van der Waals surface area contributed by atoms with Gasteiger partial charge in [0.25, 0.3) is 0 Å². The Hall–Kier alpha value is -0.830. The molecule has 132 valence electrons. The first-order chi connectivity index (χ1) is 10.4. The van der Waals surface area contributed by atoms with Crippen LogP contribution in [-0.2, 0) is 16.3 Å². The highest BCUT2D eigenvalue weighted by Crippen LogP contribution is 2.10. The van der Waals surface area contributed by atoms with Crippen LogP contribution in [0.4, 0.5) is 0 Å². The van der Waals surface area contributed by atoms with E-state index in [4.69, 9.17) is 5.73 Å². The number of sulfone groups is 1. The maximum Gasteiger partial charge on any atom is 0.188 e. The van der Waals surface area contributed by atoms with Gasteiger partial charge in [-0.1, -0.05) is 38.3 Å². The molecule has 0 aromatic heterocycles. The number of guanidine groups is 1. The Morgan fingerprint density at radius 1 is 1.17 bits per heavy atom. The van der Waals surface area contributed by atoms with Crippen molar-refractivity contribution < 1.29 is 8.42 Å². The van der Waals surface area contributed by atoms with Gasteiger partial charge >= 0.3 is 0 Å². The maximum atomic E-state index is 11.4. The lowest BCUT2D eigenvalue weighted by molar-refractivity contribution is 0.602. The first-order valence-electron chi connectivity index (χ1n) is 7.76. The second-order valence-corrected chi connectivity index (χ2v) is 7.44. The van der Waals surface area contributed by atoms with Gasteiger partial charge in [-0.25, -0.2) is 8.42 Å². The number of hydrogen-bond donors (Lipinski definition) is 2. The van der Waals surface area contributed by atoms with Gasteiger partial charge in [-0.15, -0.1) is 24.0 Å². The molecule has 0 unspecified atom stereocenters. The molecule has 0 saturated heterocycles. The quantitative estimate of drug-likeness (QED) is 0.261. The Morgan fingerprint density at radius 3 is 2.39 bits per heavy atom. The summed E-state index contributed by atoms with van der Waals surface area (Å²) in [6.07, 6.45) is 6.71. The van der Waals surface area contributed by atoms with Crippen LogP contribution in [0.1, 0.15) is 38.2 Å². The van der Waals surface area contributed by atoms with Crippen molar-refractivity contribution in [2.24, 2.45) is 10.7 Å². The molecule has 0 amide bonds. The lowest BCUT2D eigenvalue weighted by atomic mass is 10.1. The highest BCUT2D eigenvalue weighted by Gasteiger charge is 2.05. The molecule has 7 heteroatoms. The van der Waals surface area contributed by atoms with E-state index < -0.39 is 9.84 Å². The molecule has 3 N–H and O–H groups in total. The normalized spacial score (nSPS) is 11.8. The highest BCUT2D eigenvalue weighted by molar-refractivity contribution is 14.0. The topological polar surface area (TPSA) is 84.5 Å². The van der Waals surface area contributed by atoms with E-state index >= 15 is 0 Å². The summed E-state index contributed by atoms with van der Waals surface area (Å²) in [5.74, 6) is 0.476. The summed E-state index contributed by atoms with van der Waals surface area (Å²) in [4.78, 5) is 4.62. The van der Waals surface area contributed by atoms with Crippen molar-refractivity contribution in [3.8, 4) is 0 Å². The molecular formula is C16H28IN3O2S. The fourth-order valence-electron chi connectivity index (χ4n) is 2.03. The van der Waals surface area contributed by atoms with Gasteiger partial charge < -0.3 is 11.1 Å². The van der Waals surface area contributed by atoms with Crippen LogP contribution in [0.3, 0.4) is 0 Å². The van der Waals surface area contributed by atoms with Gasteiger partial charge in [-0.3, -0.25) is 4.99 Å². The summed E-state index contributed by atoms with van der Waals surface area (Å²) in [6.45, 7) is 3.63. The number of aliphatic imine (C=N–C) groups is 1. The van der Waals surface area contributed by atoms with Gasteiger partial charge in [0, 0.05) is 19.3 Å². The largest absolute Gasteiger partial charge is 0.370 e. The number of nitrogens with one attached hydrogen (secondary N) is 1. The first kappa shape index (κ1) is 22.2. The fourth-order valence-corrected chi connectivity index (χ4v) is 2.66. The predicted octanol–water partition coefficient (Wildman–Crippen LogP) is 2.74. The summed E-state index contributed by atoms with van der Waals surface area (Å²) in [5.41, 5.74) is 6.86. The second kappa shape index (κ2) is 11.7. The number of unbranched alkanes of at least 4 members (excludes halogenated alkanes) is 3. The molecule has 23 heavy (non-hydrogen) atoms. The molecule has 0 spiro atoms. The lowest BCUT2D eigenvalue weighted by Crippen LogP contribution is -2.33. The minimum absolute atomic E-state index is 0. The Balaban J connectivity index is 0.00000484. The summed E-state index contributed by atoms with van der Waals surface area (Å²) >= 11 is 0. The predicted molar refractivity (Wildman–Crippen MR) is 107 cm³/mol. The van der Waals surface area contributed by atoms with Crippen LogP contribution < -0.4 is 11.1 Å². The lowest BCUT2D eigenvalue weighted by Gasteiger charge is -2.06. The Bertz CT molecular complexity index is 571. The van der Waals surface area contributed by atoms with Crippen LogP contribution in [0.2, 0.25) is 0 Å². The number of nitrogens with zero attached hydrogens (tertiary/aromatic N) is 1. The van der Waals surface area contributed by atoms with Crippen molar-refractivity contribution in [2.45, 2.75) is 43.9 Å². The Labute approximate surface area is 157 Å². The molecule has 0 aliphatic carbocycles. The van der Waals surface area contributed by atoms with Crippen LogP contribution in [0.5, 0.6) is 0 Å². The van der Waals surface area contributed by atoms with Crippen molar-refractivity contribution in [3.05, 3.63) is 29.8 Å². The van der Waals surface area contributed by atoms with Crippen LogP contribution >= 0.6 is 24.0 Å². The zero-order valence-corrected chi connectivity index (χ0v) is 17.1. The van der Waals surface area contributed by atoms with Crippen molar-refractivity contribution in [1.82, 2.24) is 5.32 Å². The van der Waals surface area contributed by atoms with Crippen LogP contribution in [0, 0.1) is 0 Å². The first-order valence-corrected chi connectivity index (χ1v) is 9.65. The average molecular weight is 453 g/mol. The fraction of sp³-hybridized carbons (Fsp3) is 0.562. The van der Waals surface area contributed by atoms with Crippen LogP contribution in [0.15, 0.2) is 34.2 Å². The summed E-state index contributed by atoms with van der Waals surface area (Å²) in [6, 6.07) is 6.93. The third kappa shape index (κ3) is 9.80. The van der Waals surface area contributed by atoms with Gasteiger partial charge in [0.15, 0.2) is 15.8 Å². The van der Waals surface area contributed by atoms with E-state index in [1.807, 2.05) is 12.1 Å². The molecule has 0 fully saturated rings. The molecule has 1 aromatic rings. The minimum Gasteiger partial charge on any atom is -0.370 e. The zero-order valence-electron chi connectivity index (χ0n) is 13.9. The number of hydrogen-bond acceptors (Lipinski definition) is 3. The average Bonchev–Trinajstić information content (AvgIpc) is 2.46. The van der Waals surface area contributed by atoms with Crippen molar-refractivity contribution in [1.29, 1.82) is 0 Å². The van der Waals surface area contributed by atoms with Gasteiger partial charge in [-0.05, 0) is 30.5 Å². The molecule has 0 heterocycles. The molecule has 0 aliphatic rings. The Kier molecular flexibility index (Phi) is 11.2. The number of benzene rings is 1. The molecule has 0 radical (unpaired) electrons. The van der Waals surface area contributed by atoms with E-state index in [9.17, 15) is 8.42 Å². The molecule has 1 rings (SSSR count). The minimum atomic E-state index is -3.13. The monoisotopic (exact) mass is 453 g/mol. The van der Waals surface area contributed by atoms with E-state index in [1.54, 1.807) is 12.1 Å². The Morgan fingerprint density at radius 2 is 1.83 bits per heavy atom. The SMILES string of the molecule is CCCCCCN=C(N)NCCc1ccc(S(C)(=O)=O)cc1.I. The van der Waals surface area contributed by atoms with Crippen LogP contribution in [-0.4, -0.2) is 33.7 Å². The molecular weight excluding hydrogens is 425 g/mol. The molecule has 0 aliphatic heterocycles. The van der Waals surface area contributed by atoms with Crippen LogP contribution in [0.25, 0.3) is 0 Å². The van der Waals surface area contributed by atoms with Gasteiger partial charge in [-0.2, -0.15) is 0 Å². The van der Waals surface area contributed by atoms with Crippen molar-refractivity contribution >= 4 is 39.8 Å². The maximum absolute atomic E-state index is 11.4. The molecule has 1 aromatic carbocycles. The van der Waals surface area contributed by atoms with E-state index in [-0.39, 0.29) is 24.0 Å². The van der Waals surface area contributed by atoms with E-state index in [1.165, 1.54) is 25.5 Å². The number of rotatable bonds is 9. The molecule has 0 bridgehead atoms. The van der Waals surface area contributed by atoms with Gasteiger partial charge in [0.05, 0.1) is 4.90 Å². The molecule has 0 saturated carbocycles. The van der Waals surface area contributed by atoms with E-state index in [2.05, 4.69) is 17.2 Å². The molecule has 5 nitrogen and oxygen atoms in total. The summed E-state index contributed by atoms with van der Waals surface area (Å²) < 4.78 is 22.7. The second-order valence-electron chi connectivity index (χ2n) is 5.42. The van der Waals surface area contributed by atoms with E-state index in [0.29, 0.717) is 17.4 Å². The summed E-state index contributed by atoms with van der Waals surface area (Å²) in [5, 5.41) is 3.08. The third-order valence-electron chi connectivity index (χ3n) is 3.37. The summed E-state index contributed by atoms with van der Waals surface area (Å²) in [7, 11) is -3.13. The standard InChI is InChI=1S/C16H27N3O2S.HI/c1-3-4-5-6-12-18-16(17)19-13-11-14-7-9-15(10-8-14)22(2,20)21;/h7-10H,3-6,11-13H2,1-2H3,(H3,17,18,19);1H. The van der Waals surface area contributed by atoms with E-state index in [0.717, 1.165) is 24.9 Å². The van der Waals surface area contributed by atoms with Crippen molar-refractivity contribution in [2.75, 3.05) is 19.3 Å². The zero-order chi connectivity index (χ0) is 16.4. The van der Waals surface area contributed by atoms with Gasteiger partial charge in [0.1, 0.15) is 0 Å².